The van der Waals surface area contributed by atoms with Gasteiger partial charge in [0.2, 0.25) is 0 Å². The molecule has 0 aliphatic rings. The lowest BCUT2D eigenvalue weighted by Crippen LogP contribution is -2.31. The molecule has 0 radical (unpaired) electrons. The van der Waals surface area contributed by atoms with Crippen LogP contribution >= 0.6 is 11.8 Å². The smallest absolute Gasteiger partial charge is 0.216 e. The van der Waals surface area contributed by atoms with Gasteiger partial charge in [0.15, 0.2) is 0 Å². The first-order chi connectivity index (χ1) is 7.83. The van der Waals surface area contributed by atoms with Crippen LogP contribution in [0.15, 0.2) is 29.7 Å². The van der Waals surface area contributed by atoms with Crippen molar-refractivity contribution >= 4 is 27.5 Å². The normalized spacial score (nSPS) is 11.5. The van der Waals surface area contributed by atoms with Gasteiger partial charge in [0.25, 0.3) is 10.2 Å². The number of nitrogens with one attached hydrogen (secondary N) is 1. The Balaban J connectivity index is 2.92. The molecule has 3 N–H and O–H groups in total. The van der Waals surface area contributed by atoms with Gasteiger partial charge in [0.05, 0.1) is 0 Å². The van der Waals surface area contributed by atoms with Gasteiger partial charge in [-0.2, -0.15) is 13.1 Å². The Morgan fingerprint density at radius 2 is 2.24 bits per heavy atom. The van der Waals surface area contributed by atoms with Gasteiger partial charge in [0, 0.05) is 11.4 Å². The number of hydrogen-bond donors (Lipinski definition) is 2. The molecule has 0 saturated heterocycles. The second kappa shape index (κ2) is 5.63. The van der Waals surface area contributed by atoms with Crippen LogP contribution < -0.4 is 9.86 Å². The van der Waals surface area contributed by atoms with Crippen molar-refractivity contribution in [1.82, 2.24) is 4.72 Å². The zero-order valence-corrected chi connectivity index (χ0v) is 10.9. The van der Waals surface area contributed by atoms with Crippen molar-refractivity contribution in [1.29, 1.82) is 0 Å². The number of nitrogens with two attached hydrogens (primary N) is 1. The molecular formula is C10H13FN2O2S2. The van der Waals surface area contributed by atoms with Crippen LogP contribution in [0.4, 0.5) is 4.39 Å². The summed E-state index contributed by atoms with van der Waals surface area (Å²) < 4.78 is 36.7. The van der Waals surface area contributed by atoms with Gasteiger partial charge in [-0.05, 0) is 35.6 Å². The van der Waals surface area contributed by atoms with E-state index in [0.29, 0.717) is 11.1 Å². The lowest BCUT2D eigenvalue weighted by atomic mass is 10.1. The second-order valence-corrected chi connectivity index (χ2v) is 5.54. The zero-order valence-electron chi connectivity index (χ0n) is 9.23. The Labute approximate surface area is 104 Å². The average Bonchev–Trinajstić information content (AvgIpc) is 2.25. The maximum absolute atomic E-state index is 13.1. The molecule has 0 saturated carbocycles. The van der Waals surface area contributed by atoms with Crippen molar-refractivity contribution in [2.45, 2.75) is 4.90 Å². The molecule has 94 valence electrons. The lowest BCUT2D eigenvalue weighted by Gasteiger charge is -2.10. The molecule has 0 aliphatic carbocycles. The summed E-state index contributed by atoms with van der Waals surface area (Å²) >= 11 is 1.43. The first kappa shape index (κ1) is 14.2. The Morgan fingerprint density at radius 1 is 1.59 bits per heavy atom. The predicted octanol–water partition coefficient (Wildman–Crippen LogP) is 1.35. The molecule has 4 nitrogen and oxygen atoms in total. The Bertz CT molecular complexity index is 529. The topological polar surface area (TPSA) is 72.2 Å². The minimum atomic E-state index is -3.77. The van der Waals surface area contributed by atoms with E-state index in [-0.39, 0.29) is 6.54 Å². The minimum Gasteiger partial charge on any atom is -0.216 e. The monoisotopic (exact) mass is 276 g/mol. The number of hydrogen-bond acceptors (Lipinski definition) is 3. The van der Waals surface area contributed by atoms with E-state index >= 15 is 0 Å². The summed E-state index contributed by atoms with van der Waals surface area (Å²) in [5.74, 6) is -0.394. The molecule has 17 heavy (non-hydrogen) atoms. The molecule has 0 atom stereocenters. The van der Waals surface area contributed by atoms with Gasteiger partial charge in [-0.25, -0.2) is 9.53 Å². The van der Waals surface area contributed by atoms with Crippen molar-refractivity contribution < 1.29 is 12.8 Å². The summed E-state index contributed by atoms with van der Waals surface area (Å²) in [6, 6.07) is 4.28. The first-order valence-corrected chi connectivity index (χ1v) is 7.39. The predicted molar refractivity (Wildman–Crippen MR) is 68.3 cm³/mol. The first-order valence-electron chi connectivity index (χ1n) is 4.62. The molecule has 0 aromatic heterocycles. The summed E-state index contributed by atoms with van der Waals surface area (Å²) in [6.07, 6.45) is 1.84. The SMILES string of the molecule is C=C(CNS(N)(=O)=O)c1cc(F)ccc1SC. The van der Waals surface area contributed by atoms with Crippen molar-refractivity contribution in [3.8, 4) is 0 Å². The number of benzene rings is 1. The standard InChI is InChI=1S/C10H13FN2O2S2/c1-7(6-13-17(12,14)15)9-5-8(11)3-4-10(9)16-2/h3-5,13H,1,6H2,2H3,(H2,12,14,15). The third-order valence-corrected chi connectivity index (χ3v) is 3.37. The van der Waals surface area contributed by atoms with Gasteiger partial charge < -0.3 is 0 Å². The third-order valence-electron chi connectivity index (χ3n) is 2.03. The maximum atomic E-state index is 13.1. The summed E-state index contributed by atoms with van der Waals surface area (Å²) in [6.45, 7) is 3.67. The summed E-state index contributed by atoms with van der Waals surface area (Å²) in [4.78, 5) is 0.826. The van der Waals surface area contributed by atoms with Gasteiger partial charge >= 0.3 is 0 Å². The lowest BCUT2D eigenvalue weighted by molar-refractivity contribution is 0.588. The van der Waals surface area contributed by atoms with Crippen LogP contribution in [0.1, 0.15) is 5.56 Å². The van der Waals surface area contributed by atoms with Crippen LogP contribution in [0.5, 0.6) is 0 Å². The molecule has 0 fully saturated rings. The number of rotatable bonds is 5. The number of halogens is 1. The largest absolute Gasteiger partial charge is 0.274 e. The van der Waals surface area contributed by atoms with E-state index in [1.807, 2.05) is 6.26 Å². The molecular weight excluding hydrogens is 263 g/mol. The van der Waals surface area contributed by atoms with E-state index in [0.717, 1.165) is 4.90 Å². The fraction of sp³-hybridized carbons (Fsp3) is 0.200. The van der Waals surface area contributed by atoms with Crippen molar-refractivity contribution in [3.63, 3.8) is 0 Å². The summed E-state index contributed by atoms with van der Waals surface area (Å²) in [7, 11) is -3.77. The van der Waals surface area contributed by atoms with Crippen LogP contribution in [0.25, 0.3) is 5.57 Å². The van der Waals surface area contributed by atoms with Crippen molar-refractivity contribution in [3.05, 3.63) is 36.2 Å². The van der Waals surface area contributed by atoms with E-state index in [9.17, 15) is 12.8 Å². The van der Waals surface area contributed by atoms with Crippen LogP contribution in [0.2, 0.25) is 0 Å². The highest BCUT2D eigenvalue weighted by atomic mass is 32.2. The molecule has 0 aliphatic heterocycles. The Morgan fingerprint density at radius 3 is 2.76 bits per heavy atom. The van der Waals surface area contributed by atoms with E-state index < -0.39 is 16.0 Å². The third kappa shape index (κ3) is 4.47. The van der Waals surface area contributed by atoms with Gasteiger partial charge in [0.1, 0.15) is 5.82 Å². The van der Waals surface area contributed by atoms with E-state index in [1.165, 1.54) is 23.9 Å². The Kier molecular flexibility index (Phi) is 4.70. The average molecular weight is 276 g/mol. The van der Waals surface area contributed by atoms with E-state index in [1.54, 1.807) is 6.07 Å². The highest BCUT2D eigenvalue weighted by Crippen LogP contribution is 2.26. The van der Waals surface area contributed by atoms with Crippen LogP contribution in [-0.2, 0) is 10.2 Å². The van der Waals surface area contributed by atoms with Gasteiger partial charge in [-0.15, -0.1) is 11.8 Å². The molecule has 1 aromatic rings. The summed E-state index contributed by atoms with van der Waals surface area (Å²) in [5.41, 5.74) is 1.04. The Hall–Kier alpha value is -0.890. The molecule has 0 spiro atoms. The second-order valence-electron chi connectivity index (χ2n) is 3.31. The fourth-order valence-electron chi connectivity index (χ4n) is 1.24. The molecule has 1 aromatic carbocycles. The van der Waals surface area contributed by atoms with Gasteiger partial charge in [-0.1, -0.05) is 6.58 Å². The molecule has 0 heterocycles. The molecule has 0 bridgehead atoms. The van der Waals surface area contributed by atoms with Crippen LogP contribution in [0.3, 0.4) is 0 Å². The molecule has 7 heteroatoms. The van der Waals surface area contributed by atoms with E-state index in [4.69, 9.17) is 5.14 Å². The molecule has 0 unspecified atom stereocenters. The molecule has 0 amide bonds. The van der Waals surface area contributed by atoms with E-state index in [2.05, 4.69) is 11.3 Å². The fourth-order valence-corrected chi connectivity index (χ4v) is 2.24. The minimum absolute atomic E-state index is 0.0458. The van der Waals surface area contributed by atoms with Gasteiger partial charge in [-0.3, -0.25) is 0 Å². The van der Waals surface area contributed by atoms with Crippen LogP contribution in [0, 0.1) is 5.82 Å². The highest BCUT2D eigenvalue weighted by molar-refractivity contribution is 7.98. The molecule has 1 rings (SSSR count). The highest BCUT2D eigenvalue weighted by Gasteiger charge is 2.09. The summed E-state index contributed by atoms with van der Waals surface area (Å²) in [5, 5.41) is 4.80. The number of thioether (sulfide) groups is 1. The quantitative estimate of drug-likeness (QED) is 0.797. The van der Waals surface area contributed by atoms with Crippen molar-refractivity contribution in [2.75, 3.05) is 12.8 Å². The van der Waals surface area contributed by atoms with Crippen LogP contribution in [-0.4, -0.2) is 21.2 Å². The maximum Gasteiger partial charge on any atom is 0.274 e. The van der Waals surface area contributed by atoms with Crippen molar-refractivity contribution in [2.24, 2.45) is 5.14 Å². The zero-order chi connectivity index (χ0) is 13.1.